The zero-order chi connectivity index (χ0) is 14.0. The van der Waals surface area contributed by atoms with Crippen LogP contribution in [0.25, 0.3) is 0 Å². The molecule has 1 unspecified atom stereocenters. The summed E-state index contributed by atoms with van der Waals surface area (Å²) in [5.74, 6) is 0.00581. The van der Waals surface area contributed by atoms with Crippen molar-refractivity contribution in [2.45, 2.75) is 45.0 Å². The first-order chi connectivity index (χ1) is 8.12. The summed E-state index contributed by atoms with van der Waals surface area (Å²) in [6, 6.07) is 10.1. The van der Waals surface area contributed by atoms with Crippen LogP contribution in [0.4, 0.5) is 0 Å². The van der Waals surface area contributed by atoms with Gasteiger partial charge < -0.3 is 5.32 Å². The number of carbonyl (C=O) groups is 1. The highest BCUT2D eigenvalue weighted by Crippen LogP contribution is 2.33. The van der Waals surface area contributed by atoms with Crippen LogP contribution in [0, 0.1) is 5.41 Å². The van der Waals surface area contributed by atoms with Crippen LogP contribution in [0.3, 0.4) is 0 Å². The number of carbonyl (C=O) groups excluding carboxylic acids is 1. The van der Waals surface area contributed by atoms with E-state index in [2.05, 4.69) is 54.2 Å². The van der Waals surface area contributed by atoms with Crippen LogP contribution in [-0.2, 0) is 4.79 Å². The molecular weight excluding hydrogens is 290 g/mol. The van der Waals surface area contributed by atoms with Gasteiger partial charge >= 0.3 is 0 Å². The predicted molar refractivity (Wildman–Crippen MR) is 79.8 cm³/mol. The number of nitrogens with one attached hydrogen (secondary N) is 1. The zero-order valence-corrected chi connectivity index (χ0v) is 13.3. The lowest BCUT2D eigenvalue weighted by Crippen LogP contribution is -2.43. The maximum absolute atomic E-state index is 12.1. The van der Waals surface area contributed by atoms with E-state index in [9.17, 15) is 4.79 Å². The third-order valence-electron chi connectivity index (χ3n) is 2.81. The number of halogens is 1. The van der Waals surface area contributed by atoms with Crippen LogP contribution in [0.2, 0.25) is 0 Å². The van der Waals surface area contributed by atoms with Gasteiger partial charge in [-0.15, -0.1) is 0 Å². The second kappa shape index (κ2) is 5.43. The molecule has 0 spiro atoms. The van der Waals surface area contributed by atoms with E-state index in [-0.39, 0.29) is 17.4 Å². The number of alkyl halides is 1. The fourth-order valence-corrected chi connectivity index (χ4v) is 1.86. The van der Waals surface area contributed by atoms with Gasteiger partial charge in [0.25, 0.3) is 0 Å². The molecule has 0 aliphatic rings. The Hall–Kier alpha value is -0.830. The summed E-state index contributed by atoms with van der Waals surface area (Å²) in [6.45, 7) is 10.1. The quantitative estimate of drug-likeness (QED) is 0.838. The Morgan fingerprint density at radius 3 is 2.00 bits per heavy atom. The van der Waals surface area contributed by atoms with Crippen LogP contribution < -0.4 is 5.32 Å². The van der Waals surface area contributed by atoms with E-state index < -0.39 is 4.32 Å². The van der Waals surface area contributed by atoms with E-state index in [4.69, 9.17) is 0 Å². The molecule has 1 N–H and O–H groups in total. The van der Waals surface area contributed by atoms with Gasteiger partial charge in [-0.25, -0.2) is 0 Å². The lowest BCUT2D eigenvalue weighted by atomic mass is 9.82. The smallest absolute Gasteiger partial charge is 0.236 e. The molecule has 1 aromatic rings. The average Bonchev–Trinajstić information content (AvgIpc) is 2.23. The van der Waals surface area contributed by atoms with Crippen LogP contribution in [-0.4, -0.2) is 10.2 Å². The van der Waals surface area contributed by atoms with Crippen LogP contribution >= 0.6 is 15.9 Å². The predicted octanol–water partition coefficient (Wildman–Crippen LogP) is 4.06. The van der Waals surface area contributed by atoms with E-state index in [0.717, 1.165) is 5.56 Å². The molecule has 0 bridgehead atoms. The Bertz CT molecular complexity index is 401. The van der Waals surface area contributed by atoms with Gasteiger partial charge in [-0.2, -0.15) is 0 Å². The van der Waals surface area contributed by atoms with Crippen LogP contribution in [0.15, 0.2) is 30.3 Å². The van der Waals surface area contributed by atoms with Crippen molar-refractivity contribution in [3.05, 3.63) is 35.9 Å². The monoisotopic (exact) mass is 311 g/mol. The molecule has 0 aromatic heterocycles. The van der Waals surface area contributed by atoms with E-state index in [1.54, 1.807) is 0 Å². The molecule has 0 radical (unpaired) electrons. The van der Waals surface area contributed by atoms with Gasteiger partial charge in [0.05, 0.1) is 10.4 Å². The Morgan fingerprint density at radius 1 is 1.11 bits per heavy atom. The SMILES string of the molecule is CC(C)(Br)C(=O)NC(c1ccccc1)C(C)(C)C. The maximum atomic E-state index is 12.1. The van der Waals surface area contributed by atoms with Crippen LogP contribution in [0.5, 0.6) is 0 Å². The Balaban J connectivity index is 2.99. The van der Waals surface area contributed by atoms with Gasteiger partial charge in [0, 0.05) is 0 Å². The van der Waals surface area contributed by atoms with Crippen molar-refractivity contribution in [3.63, 3.8) is 0 Å². The normalized spacial score (nSPS) is 14.1. The van der Waals surface area contributed by atoms with Crippen molar-refractivity contribution >= 4 is 21.8 Å². The van der Waals surface area contributed by atoms with Gasteiger partial charge in [-0.1, -0.05) is 67.0 Å². The fourth-order valence-electron chi connectivity index (χ4n) is 1.75. The average molecular weight is 312 g/mol. The summed E-state index contributed by atoms with van der Waals surface area (Å²) in [5, 5.41) is 3.13. The van der Waals surface area contributed by atoms with E-state index in [1.807, 2.05) is 32.0 Å². The fraction of sp³-hybridized carbons (Fsp3) is 0.533. The van der Waals surface area contributed by atoms with Gasteiger partial charge in [0.15, 0.2) is 0 Å². The standard InChI is InChI=1S/C15H22BrNO/c1-14(2,3)12(11-9-7-6-8-10-11)17-13(18)15(4,5)16/h6-10,12H,1-5H3,(H,17,18). The number of amides is 1. The topological polar surface area (TPSA) is 29.1 Å². The van der Waals surface area contributed by atoms with Gasteiger partial charge in [0.1, 0.15) is 0 Å². The van der Waals surface area contributed by atoms with E-state index in [0.29, 0.717) is 0 Å². The Kier molecular flexibility index (Phi) is 4.60. The summed E-state index contributed by atoms with van der Waals surface area (Å²) in [7, 11) is 0. The first-order valence-corrected chi connectivity index (χ1v) is 6.96. The first kappa shape index (κ1) is 15.2. The van der Waals surface area contributed by atoms with Crippen LogP contribution in [0.1, 0.15) is 46.2 Å². The molecule has 1 rings (SSSR count). The van der Waals surface area contributed by atoms with Gasteiger partial charge in [-0.3, -0.25) is 4.79 Å². The third-order valence-corrected chi connectivity index (χ3v) is 3.17. The van der Waals surface area contributed by atoms with Crippen molar-refractivity contribution in [3.8, 4) is 0 Å². The molecule has 0 saturated carbocycles. The molecule has 0 aliphatic carbocycles. The summed E-state index contributed by atoms with van der Waals surface area (Å²) in [6.07, 6.45) is 0. The minimum Gasteiger partial charge on any atom is -0.348 e. The lowest BCUT2D eigenvalue weighted by molar-refractivity contribution is -0.124. The van der Waals surface area contributed by atoms with Gasteiger partial charge in [0.2, 0.25) is 5.91 Å². The molecule has 1 atom stereocenters. The highest BCUT2D eigenvalue weighted by Gasteiger charge is 2.32. The largest absolute Gasteiger partial charge is 0.348 e. The molecule has 0 aliphatic heterocycles. The van der Waals surface area contributed by atoms with Crippen molar-refractivity contribution in [2.75, 3.05) is 0 Å². The molecule has 2 nitrogen and oxygen atoms in total. The maximum Gasteiger partial charge on any atom is 0.236 e. The van der Waals surface area contributed by atoms with Gasteiger partial charge in [-0.05, 0) is 24.8 Å². The highest BCUT2D eigenvalue weighted by molar-refractivity contribution is 9.10. The molecule has 0 heterocycles. The number of rotatable bonds is 3. The third kappa shape index (κ3) is 4.13. The molecule has 0 saturated heterocycles. The number of hydrogen-bond donors (Lipinski definition) is 1. The molecular formula is C15H22BrNO. The second-order valence-corrected chi connectivity index (χ2v) is 8.14. The van der Waals surface area contributed by atoms with E-state index >= 15 is 0 Å². The summed E-state index contributed by atoms with van der Waals surface area (Å²) in [4.78, 5) is 12.1. The second-order valence-electron chi connectivity index (χ2n) is 6.16. The summed E-state index contributed by atoms with van der Waals surface area (Å²) in [5.41, 5.74) is 1.10. The number of hydrogen-bond acceptors (Lipinski definition) is 1. The molecule has 3 heteroatoms. The van der Waals surface area contributed by atoms with E-state index in [1.165, 1.54) is 0 Å². The van der Waals surface area contributed by atoms with Crippen molar-refractivity contribution in [1.29, 1.82) is 0 Å². The molecule has 1 amide bonds. The summed E-state index contributed by atoms with van der Waals surface area (Å²) < 4.78 is -0.550. The molecule has 1 aromatic carbocycles. The molecule has 0 fully saturated rings. The van der Waals surface area contributed by atoms with Crippen molar-refractivity contribution in [1.82, 2.24) is 5.32 Å². The lowest BCUT2D eigenvalue weighted by Gasteiger charge is -2.33. The minimum absolute atomic E-state index is 0.00280. The Labute approximate surface area is 118 Å². The van der Waals surface area contributed by atoms with Crippen molar-refractivity contribution in [2.24, 2.45) is 5.41 Å². The Morgan fingerprint density at radius 2 is 1.61 bits per heavy atom. The summed E-state index contributed by atoms with van der Waals surface area (Å²) >= 11 is 3.40. The molecule has 100 valence electrons. The highest BCUT2D eigenvalue weighted by atomic mass is 79.9. The molecule has 18 heavy (non-hydrogen) atoms. The number of benzene rings is 1. The zero-order valence-electron chi connectivity index (χ0n) is 11.8. The first-order valence-electron chi connectivity index (χ1n) is 6.17. The van der Waals surface area contributed by atoms with Crippen molar-refractivity contribution < 1.29 is 4.79 Å². The minimum atomic E-state index is -0.550.